The SMILES string of the molecule is Cc1c(F)cccc1C=C(CO)B1OC(C)(C)C(C)(C)O1. The second-order valence-electron chi connectivity index (χ2n) is 6.42. The van der Waals surface area contributed by atoms with Gasteiger partial charge >= 0.3 is 7.12 Å². The van der Waals surface area contributed by atoms with E-state index in [1.807, 2.05) is 27.7 Å². The Labute approximate surface area is 125 Å². The molecule has 0 amide bonds. The molecule has 1 saturated heterocycles. The van der Waals surface area contributed by atoms with Crippen LogP contribution in [0, 0.1) is 12.7 Å². The van der Waals surface area contributed by atoms with Gasteiger partial charge in [-0.3, -0.25) is 0 Å². The van der Waals surface area contributed by atoms with Crippen LogP contribution >= 0.6 is 0 Å². The van der Waals surface area contributed by atoms with Crippen molar-refractivity contribution >= 4 is 13.2 Å². The smallest absolute Gasteiger partial charge is 0.400 e. The van der Waals surface area contributed by atoms with Crippen LogP contribution in [0.4, 0.5) is 4.39 Å². The third kappa shape index (κ3) is 3.05. The topological polar surface area (TPSA) is 38.7 Å². The van der Waals surface area contributed by atoms with Crippen LogP contribution in [0.3, 0.4) is 0 Å². The Hall–Kier alpha value is -1.17. The van der Waals surface area contributed by atoms with Gasteiger partial charge < -0.3 is 14.4 Å². The molecule has 1 aliphatic heterocycles. The van der Waals surface area contributed by atoms with E-state index in [4.69, 9.17) is 9.31 Å². The average Bonchev–Trinajstić information content (AvgIpc) is 2.60. The Morgan fingerprint density at radius 3 is 2.33 bits per heavy atom. The summed E-state index contributed by atoms with van der Waals surface area (Å²) in [5, 5.41) is 9.63. The second-order valence-corrected chi connectivity index (χ2v) is 6.42. The van der Waals surface area contributed by atoms with E-state index in [1.54, 1.807) is 25.1 Å². The summed E-state index contributed by atoms with van der Waals surface area (Å²) in [6.45, 7) is 9.32. The maximum Gasteiger partial charge on any atom is 0.492 e. The zero-order chi connectivity index (χ0) is 15.8. The van der Waals surface area contributed by atoms with E-state index in [2.05, 4.69) is 0 Å². The first kappa shape index (κ1) is 16.2. The molecule has 1 heterocycles. The number of hydrogen-bond acceptors (Lipinski definition) is 3. The lowest BCUT2D eigenvalue weighted by Gasteiger charge is -2.32. The molecule has 0 atom stereocenters. The molecule has 0 aliphatic carbocycles. The van der Waals surface area contributed by atoms with Gasteiger partial charge in [-0.25, -0.2) is 4.39 Å². The quantitative estimate of drug-likeness (QED) is 0.870. The molecule has 1 N–H and O–H groups in total. The lowest BCUT2D eigenvalue weighted by Crippen LogP contribution is -2.41. The predicted octanol–water partition coefficient (Wildman–Crippen LogP) is 3.14. The largest absolute Gasteiger partial charge is 0.492 e. The molecular weight excluding hydrogens is 270 g/mol. The number of halogens is 1. The van der Waals surface area contributed by atoms with Crippen LogP contribution in [0.25, 0.3) is 6.08 Å². The van der Waals surface area contributed by atoms with Gasteiger partial charge in [-0.2, -0.15) is 0 Å². The number of aliphatic hydroxyl groups excluding tert-OH is 1. The van der Waals surface area contributed by atoms with Crippen LogP contribution in [0.1, 0.15) is 38.8 Å². The molecule has 3 nitrogen and oxygen atoms in total. The van der Waals surface area contributed by atoms with Crippen LogP contribution in [-0.2, 0) is 9.31 Å². The minimum atomic E-state index is -0.623. The molecule has 0 bridgehead atoms. The third-order valence-electron chi connectivity index (χ3n) is 4.39. The standard InChI is InChI=1S/C16H22BFO3/c1-11-12(7-6-8-14(11)18)9-13(10-19)17-20-15(2,3)16(4,5)21-17/h6-9,19H,10H2,1-5H3. The first-order chi connectivity index (χ1) is 9.68. The van der Waals surface area contributed by atoms with Gasteiger partial charge in [0.05, 0.1) is 17.8 Å². The number of rotatable bonds is 3. The molecule has 0 saturated carbocycles. The minimum absolute atomic E-state index is 0.202. The van der Waals surface area contributed by atoms with Crippen molar-refractivity contribution in [2.24, 2.45) is 0 Å². The van der Waals surface area contributed by atoms with Gasteiger partial charge in [0.25, 0.3) is 0 Å². The van der Waals surface area contributed by atoms with Gasteiger partial charge in [0.1, 0.15) is 5.82 Å². The summed E-state index contributed by atoms with van der Waals surface area (Å²) in [6.07, 6.45) is 1.74. The average molecular weight is 292 g/mol. The molecule has 1 aliphatic rings. The first-order valence-electron chi connectivity index (χ1n) is 7.10. The highest BCUT2D eigenvalue weighted by Crippen LogP contribution is 2.38. The first-order valence-corrected chi connectivity index (χ1v) is 7.10. The van der Waals surface area contributed by atoms with Crippen LogP contribution < -0.4 is 0 Å². The van der Waals surface area contributed by atoms with E-state index in [-0.39, 0.29) is 12.4 Å². The van der Waals surface area contributed by atoms with Crippen molar-refractivity contribution in [1.29, 1.82) is 0 Å². The highest BCUT2D eigenvalue weighted by atomic mass is 19.1. The van der Waals surface area contributed by atoms with Crippen molar-refractivity contribution in [3.05, 3.63) is 40.6 Å². The van der Waals surface area contributed by atoms with Crippen LogP contribution in [0.15, 0.2) is 23.7 Å². The van der Waals surface area contributed by atoms with E-state index in [1.165, 1.54) is 6.07 Å². The highest BCUT2D eigenvalue weighted by Gasteiger charge is 2.52. The summed E-state index contributed by atoms with van der Waals surface area (Å²) in [6, 6.07) is 4.87. The van der Waals surface area contributed by atoms with Gasteiger partial charge in [0, 0.05) is 0 Å². The molecule has 2 rings (SSSR count). The monoisotopic (exact) mass is 292 g/mol. The summed E-state index contributed by atoms with van der Waals surface area (Å²) >= 11 is 0. The van der Waals surface area contributed by atoms with Gasteiger partial charge in [0.15, 0.2) is 0 Å². The molecule has 0 unspecified atom stereocenters. The predicted molar refractivity (Wildman–Crippen MR) is 82.3 cm³/mol. The van der Waals surface area contributed by atoms with Crippen molar-refractivity contribution in [3.63, 3.8) is 0 Å². The fourth-order valence-electron chi connectivity index (χ4n) is 2.16. The number of aliphatic hydroxyl groups is 1. The Balaban J connectivity index is 2.33. The molecule has 114 valence electrons. The molecule has 21 heavy (non-hydrogen) atoms. The molecular formula is C16H22BFO3. The van der Waals surface area contributed by atoms with E-state index in [0.29, 0.717) is 16.6 Å². The highest BCUT2D eigenvalue weighted by molar-refractivity contribution is 6.55. The normalized spacial score (nSPS) is 20.9. The Morgan fingerprint density at radius 1 is 1.24 bits per heavy atom. The molecule has 1 aromatic carbocycles. The lowest BCUT2D eigenvalue weighted by atomic mass is 9.77. The Kier molecular flexibility index (Phi) is 4.29. The van der Waals surface area contributed by atoms with Crippen molar-refractivity contribution in [1.82, 2.24) is 0 Å². The fraction of sp³-hybridized carbons (Fsp3) is 0.500. The molecule has 5 heteroatoms. The van der Waals surface area contributed by atoms with Crippen LogP contribution in [-0.4, -0.2) is 30.0 Å². The Morgan fingerprint density at radius 2 is 1.81 bits per heavy atom. The van der Waals surface area contributed by atoms with Crippen molar-refractivity contribution in [3.8, 4) is 0 Å². The van der Waals surface area contributed by atoms with E-state index < -0.39 is 18.3 Å². The maximum absolute atomic E-state index is 13.6. The van der Waals surface area contributed by atoms with Gasteiger partial charge in [0.2, 0.25) is 0 Å². The summed E-state index contributed by atoms with van der Waals surface area (Å²) in [5.41, 5.74) is 0.905. The van der Waals surface area contributed by atoms with Crippen molar-refractivity contribution in [2.75, 3.05) is 6.61 Å². The van der Waals surface area contributed by atoms with E-state index in [0.717, 1.165) is 0 Å². The molecule has 1 fully saturated rings. The number of hydrogen-bond donors (Lipinski definition) is 1. The molecule has 0 spiro atoms. The summed E-state index contributed by atoms with van der Waals surface area (Å²) in [4.78, 5) is 0. The summed E-state index contributed by atoms with van der Waals surface area (Å²) in [5.74, 6) is -0.269. The second kappa shape index (κ2) is 5.56. The maximum atomic E-state index is 13.6. The van der Waals surface area contributed by atoms with Gasteiger partial charge in [-0.15, -0.1) is 0 Å². The van der Waals surface area contributed by atoms with E-state index >= 15 is 0 Å². The Bertz CT molecular complexity index is 551. The zero-order valence-electron chi connectivity index (χ0n) is 13.2. The van der Waals surface area contributed by atoms with Crippen LogP contribution in [0.5, 0.6) is 0 Å². The summed E-state index contributed by atoms with van der Waals surface area (Å²) in [7, 11) is -0.623. The summed E-state index contributed by atoms with van der Waals surface area (Å²) < 4.78 is 25.4. The molecule has 0 radical (unpaired) electrons. The number of benzene rings is 1. The van der Waals surface area contributed by atoms with Crippen molar-refractivity contribution < 1.29 is 18.8 Å². The third-order valence-corrected chi connectivity index (χ3v) is 4.39. The molecule has 0 aromatic heterocycles. The van der Waals surface area contributed by atoms with Crippen LogP contribution in [0.2, 0.25) is 0 Å². The lowest BCUT2D eigenvalue weighted by molar-refractivity contribution is 0.00578. The van der Waals surface area contributed by atoms with Gasteiger partial charge in [-0.1, -0.05) is 18.2 Å². The van der Waals surface area contributed by atoms with Gasteiger partial charge in [-0.05, 0) is 57.3 Å². The molecule has 1 aromatic rings. The van der Waals surface area contributed by atoms with Crippen molar-refractivity contribution in [2.45, 2.75) is 45.8 Å². The van der Waals surface area contributed by atoms with E-state index in [9.17, 15) is 9.50 Å². The fourth-order valence-corrected chi connectivity index (χ4v) is 2.16. The minimum Gasteiger partial charge on any atom is -0.400 e. The zero-order valence-corrected chi connectivity index (χ0v) is 13.2.